The van der Waals surface area contributed by atoms with Crippen LogP contribution in [-0.2, 0) is 0 Å². The van der Waals surface area contributed by atoms with E-state index in [1.54, 1.807) is 25.4 Å². The van der Waals surface area contributed by atoms with E-state index < -0.39 is 0 Å². The second-order valence-corrected chi connectivity index (χ2v) is 5.42. The number of piperazine rings is 1. The van der Waals surface area contributed by atoms with Gasteiger partial charge in [-0.15, -0.1) is 0 Å². The highest BCUT2D eigenvalue weighted by Crippen LogP contribution is 2.23. The van der Waals surface area contributed by atoms with Gasteiger partial charge in [0, 0.05) is 26.2 Å². The zero-order valence-corrected chi connectivity index (χ0v) is 13.6. The first-order valence-corrected chi connectivity index (χ1v) is 7.89. The zero-order valence-electron chi connectivity index (χ0n) is 13.6. The number of ether oxygens (including phenoxy) is 1. The molecule has 2 heterocycles. The maximum Gasteiger partial charge on any atom is 0.323 e. The molecule has 1 aromatic carbocycles. The Bertz CT molecular complexity index is 684. The SMILES string of the molecule is COc1ccccc1NC(=O)Nc1ccc(N2CCNCC2)nc1. The van der Waals surface area contributed by atoms with Crippen LogP contribution in [0.15, 0.2) is 42.6 Å². The van der Waals surface area contributed by atoms with Crippen molar-refractivity contribution in [2.45, 2.75) is 0 Å². The van der Waals surface area contributed by atoms with Crippen molar-refractivity contribution in [2.24, 2.45) is 0 Å². The Hall–Kier alpha value is -2.80. The molecular weight excluding hydrogens is 306 g/mol. The molecule has 1 aliphatic heterocycles. The number of hydrogen-bond acceptors (Lipinski definition) is 5. The molecule has 24 heavy (non-hydrogen) atoms. The van der Waals surface area contributed by atoms with Crippen molar-refractivity contribution in [1.82, 2.24) is 10.3 Å². The second-order valence-electron chi connectivity index (χ2n) is 5.42. The number of carbonyl (C=O) groups excluding carboxylic acids is 1. The van der Waals surface area contributed by atoms with Crippen LogP contribution in [0.4, 0.5) is 22.0 Å². The van der Waals surface area contributed by atoms with Crippen molar-refractivity contribution < 1.29 is 9.53 Å². The fourth-order valence-electron chi connectivity index (χ4n) is 2.57. The first kappa shape index (κ1) is 16.1. The lowest BCUT2D eigenvalue weighted by molar-refractivity contribution is 0.262. The molecule has 0 bridgehead atoms. The normalized spacial score (nSPS) is 14.1. The van der Waals surface area contributed by atoms with E-state index in [9.17, 15) is 4.79 Å². The van der Waals surface area contributed by atoms with Gasteiger partial charge in [0.15, 0.2) is 0 Å². The van der Waals surface area contributed by atoms with Crippen LogP contribution < -0.4 is 25.6 Å². The second kappa shape index (κ2) is 7.65. The average Bonchev–Trinajstić information content (AvgIpc) is 2.63. The number of nitrogens with one attached hydrogen (secondary N) is 3. The van der Waals surface area contributed by atoms with Gasteiger partial charge in [0.2, 0.25) is 0 Å². The summed E-state index contributed by atoms with van der Waals surface area (Å²) in [6.45, 7) is 3.80. The molecule has 0 saturated carbocycles. The number of nitrogens with zero attached hydrogens (tertiary/aromatic N) is 2. The Morgan fingerprint density at radius 2 is 1.96 bits per heavy atom. The molecule has 1 fully saturated rings. The summed E-state index contributed by atoms with van der Waals surface area (Å²) >= 11 is 0. The minimum atomic E-state index is -0.337. The molecule has 0 spiro atoms. The van der Waals surface area contributed by atoms with Crippen molar-refractivity contribution in [3.8, 4) is 5.75 Å². The van der Waals surface area contributed by atoms with Crippen molar-refractivity contribution in [3.63, 3.8) is 0 Å². The number of carbonyl (C=O) groups is 1. The van der Waals surface area contributed by atoms with Gasteiger partial charge in [0.05, 0.1) is 24.7 Å². The van der Waals surface area contributed by atoms with E-state index in [1.807, 2.05) is 24.3 Å². The third kappa shape index (κ3) is 3.94. The first-order valence-electron chi connectivity index (χ1n) is 7.89. The van der Waals surface area contributed by atoms with Crippen LogP contribution in [0.2, 0.25) is 0 Å². The van der Waals surface area contributed by atoms with E-state index in [2.05, 4.69) is 25.8 Å². The molecule has 7 nitrogen and oxygen atoms in total. The zero-order chi connectivity index (χ0) is 16.8. The Morgan fingerprint density at radius 1 is 1.17 bits per heavy atom. The van der Waals surface area contributed by atoms with E-state index in [4.69, 9.17) is 4.74 Å². The lowest BCUT2D eigenvalue weighted by Gasteiger charge is -2.28. The van der Waals surface area contributed by atoms with Crippen LogP contribution >= 0.6 is 0 Å². The number of methoxy groups -OCH3 is 1. The molecule has 3 N–H and O–H groups in total. The van der Waals surface area contributed by atoms with Crippen LogP contribution in [0, 0.1) is 0 Å². The van der Waals surface area contributed by atoms with Gasteiger partial charge in [-0.25, -0.2) is 9.78 Å². The van der Waals surface area contributed by atoms with Crippen LogP contribution in [0.25, 0.3) is 0 Å². The van der Waals surface area contributed by atoms with Gasteiger partial charge in [-0.05, 0) is 24.3 Å². The summed E-state index contributed by atoms with van der Waals surface area (Å²) < 4.78 is 5.21. The maximum atomic E-state index is 12.1. The van der Waals surface area contributed by atoms with E-state index in [-0.39, 0.29) is 6.03 Å². The number of pyridine rings is 1. The molecule has 0 atom stereocenters. The summed E-state index contributed by atoms with van der Waals surface area (Å²) in [7, 11) is 1.57. The number of urea groups is 1. The van der Waals surface area contributed by atoms with Gasteiger partial charge in [-0.3, -0.25) is 0 Å². The van der Waals surface area contributed by atoms with E-state index in [1.165, 1.54) is 0 Å². The number of anilines is 3. The summed E-state index contributed by atoms with van der Waals surface area (Å²) in [5.41, 5.74) is 1.25. The highest BCUT2D eigenvalue weighted by Gasteiger charge is 2.12. The van der Waals surface area contributed by atoms with Crippen LogP contribution in [0.5, 0.6) is 5.75 Å². The quantitative estimate of drug-likeness (QED) is 0.802. The summed E-state index contributed by atoms with van der Waals surface area (Å²) in [5, 5.41) is 8.85. The predicted molar refractivity (Wildman–Crippen MR) is 95.0 cm³/mol. The van der Waals surface area contributed by atoms with Gasteiger partial charge in [0.25, 0.3) is 0 Å². The summed E-state index contributed by atoms with van der Waals surface area (Å²) in [4.78, 5) is 18.8. The smallest absolute Gasteiger partial charge is 0.323 e. The number of rotatable bonds is 4. The molecule has 126 valence electrons. The summed E-state index contributed by atoms with van der Waals surface area (Å²) in [6, 6.07) is 10.7. The highest BCUT2D eigenvalue weighted by molar-refractivity contribution is 6.00. The molecule has 7 heteroatoms. The lowest BCUT2D eigenvalue weighted by atomic mass is 10.3. The number of hydrogen-bond donors (Lipinski definition) is 3. The minimum absolute atomic E-state index is 0.337. The van der Waals surface area contributed by atoms with Crippen molar-refractivity contribution in [3.05, 3.63) is 42.6 Å². The number of benzene rings is 1. The van der Waals surface area contributed by atoms with Gasteiger partial charge in [-0.2, -0.15) is 0 Å². The van der Waals surface area contributed by atoms with Crippen LogP contribution in [-0.4, -0.2) is 44.3 Å². The molecule has 1 aromatic heterocycles. The maximum absolute atomic E-state index is 12.1. The number of aromatic nitrogens is 1. The Balaban J connectivity index is 1.60. The van der Waals surface area contributed by atoms with Gasteiger partial charge < -0.3 is 25.6 Å². The van der Waals surface area contributed by atoms with E-state index >= 15 is 0 Å². The Kier molecular flexibility index (Phi) is 5.12. The molecular formula is C17H21N5O2. The Morgan fingerprint density at radius 3 is 2.67 bits per heavy atom. The fraction of sp³-hybridized carbons (Fsp3) is 0.294. The standard InChI is InChI=1S/C17H21N5O2/c1-24-15-5-3-2-4-14(15)21-17(23)20-13-6-7-16(19-12-13)22-10-8-18-9-11-22/h2-7,12,18H,8-11H2,1H3,(H2,20,21,23). The summed E-state index contributed by atoms with van der Waals surface area (Å²) in [5.74, 6) is 1.53. The monoisotopic (exact) mass is 327 g/mol. The van der Waals surface area contributed by atoms with Gasteiger partial charge in [-0.1, -0.05) is 12.1 Å². The summed E-state index contributed by atoms with van der Waals surface area (Å²) in [6.07, 6.45) is 1.67. The van der Waals surface area contributed by atoms with E-state index in [0.29, 0.717) is 17.1 Å². The number of amides is 2. The molecule has 3 rings (SSSR count). The average molecular weight is 327 g/mol. The first-order chi connectivity index (χ1) is 11.8. The fourth-order valence-corrected chi connectivity index (χ4v) is 2.57. The van der Waals surface area contributed by atoms with E-state index in [0.717, 1.165) is 32.0 Å². The molecule has 1 saturated heterocycles. The molecule has 2 aromatic rings. The highest BCUT2D eigenvalue weighted by atomic mass is 16.5. The molecule has 2 amide bonds. The van der Waals surface area contributed by atoms with Crippen LogP contribution in [0.1, 0.15) is 0 Å². The van der Waals surface area contributed by atoms with Crippen LogP contribution in [0.3, 0.4) is 0 Å². The topological polar surface area (TPSA) is 78.5 Å². The Labute approximate surface area is 141 Å². The van der Waals surface area contributed by atoms with Crippen molar-refractivity contribution >= 4 is 23.2 Å². The molecule has 0 aliphatic carbocycles. The largest absolute Gasteiger partial charge is 0.495 e. The third-order valence-electron chi connectivity index (χ3n) is 3.80. The molecule has 0 radical (unpaired) electrons. The molecule has 0 unspecified atom stereocenters. The van der Waals surface area contributed by atoms with Gasteiger partial charge >= 0.3 is 6.03 Å². The van der Waals surface area contributed by atoms with Crippen molar-refractivity contribution in [2.75, 3.05) is 48.8 Å². The minimum Gasteiger partial charge on any atom is -0.495 e. The van der Waals surface area contributed by atoms with Gasteiger partial charge in [0.1, 0.15) is 11.6 Å². The predicted octanol–water partition coefficient (Wildman–Crippen LogP) is 2.14. The molecule has 1 aliphatic rings. The number of para-hydroxylation sites is 2. The lowest BCUT2D eigenvalue weighted by Crippen LogP contribution is -2.43. The third-order valence-corrected chi connectivity index (χ3v) is 3.80. The van der Waals surface area contributed by atoms with Crippen molar-refractivity contribution in [1.29, 1.82) is 0 Å².